The zero-order chi connectivity index (χ0) is 13.0. The molecule has 2 heterocycles. The van der Waals surface area contributed by atoms with Gasteiger partial charge in [-0.3, -0.25) is 4.79 Å². The van der Waals surface area contributed by atoms with Crippen LogP contribution in [0, 0.1) is 0 Å². The van der Waals surface area contributed by atoms with Gasteiger partial charge in [-0.25, -0.2) is 4.68 Å². The van der Waals surface area contributed by atoms with Crippen molar-refractivity contribution in [2.45, 2.75) is 38.3 Å². The molecule has 2 rings (SSSR count). The molecule has 1 saturated heterocycles. The van der Waals surface area contributed by atoms with Gasteiger partial charge in [0.2, 0.25) is 5.91 Å². The van der Waals surface area contributed by atoms with Crippen molar-refractivity contribution in [3.63, 3.8) is 0 Å². The lowest BCUT2D eigenvalue weighted by atomic mass is 10.1. The van der Waals surface area contributed by atoms with Crippen molar-refractivity contribution in [2.75, 3.05) is 18.4 Å². The molecule has 100 valence electrons. The minimum atomic E-state index is -0.0586. The fourth-order valence-corrected chi connectivity index (χ4v) is 2.06. The molecular weight excluding hydrogens is 230 g/mol. The zero-order valence-corrected chi connectivity index (χ0v) is 10.7. The van der Waals surface area contributed by atoms with Gasteiger partial charge in [0.15, 0.2) is 0 Å². The number of hydrogen-bond donors (Lipinski definition) is 3. The maximum atomic E-state index is 11.8. The molecular formula is C12H21N5O. The number of hydrogen-bond acceptors (Lipinski definition) is 4. The largest absolute Gasteiger partial charge is 0.327 e. The summed E-state index contributed by atoms with van der Waals surface area (Å²) in [4.78, 5) is 11.8. The highest BCUT2D eigenvalue weighted by Gasteiger charge is 2.22. The Morgan fingerprint density at radius 2 is 2.50 bits per heavy atom. The van der Waals surface area contributed by atoms with Crippen molar-refractivity contribution < 1.29 is 4.79 Å². The Kier molecular flexibility index (Phi) is 4.33. The summed E-state index contributed by atoms with van der Waals surface area (Å²) in [5.74, 6) is 0.722. The zero-order valence-electron chi connectivity index (χ0n) is 10.7. The van der Waals surface area contributed by atoms with Crippen molar-refractivity contribution in [1.82, 2.24) is 15.1 Å². The molecule has 0 radical (unpaired) electrons. The summed E-state index contributed by atoms with van der Waals surface area (Å²) >= 11 is 0. The van der Waals surface area contributed by atoms with Crippen LogP contribution in [0.5, 0.6) is 0 Å². The van der Waals surface area contributed by atoms with Crippen LogP contribution in [0.25, 0.3) is 0 Å². The van der Waals surface area contributed by atoms with Gasteiger partial charge in [0.1, 0.15) is 5.82 Å². The molecule has 1 fully saturated rings. The number of nitrogens with one attached hydrogen (secondary N) is 2. The molecule has 0 aromatic carbocycles. The first-order valence-electron chi connectivity index (χ1n) is 6.50. The molecule has 0 spiro atoms. The van der Waals surface area contributed by atoms with Crippen LogP contribution >= 0.6 is 0 Å². The first kappa shape index (κ1) is 13.0. The summed E-state index contributed by atoms with van der Waals surface area (Å²) in [6.07, 6.45) is 3.95. The number of amides is 1. The normalized spacial score (nSPS) is 17.2. The molecule has 1 aliphatic rings. The lowest BCUT2D eigenvalue weighted by molar-refractivity contribution is -0.116. The van der Waals surface area contributed by atoms with E-state index in [1.54, 1.807) is 6.20 Å². The van der Waals surface area contributed by atoms with Crippen LogP contribution in [0.2, 0.25) is 0 Å². The molecule has 1 atom stereocenters. The van der Waals surface area contributed by atoms with Crippen LogP contribution in [0.3, 0.4) is 0 Å². The van der Waals surface area contributed by atoms with E-state index in [2.05, 4.69) is 22.7 Å². The lowest BCUT2D eigenvalue weighted by Gasteiger charge is -2.28. The quantitative estimate of drug-likeness (QED) is 0.686. The van der Waals surface area contributed by atoms with Crippen molar-refractivity contribution in [1.29, 1.82) is 0 Å². The predicted octanol–water partition coefficient (Wildman–Crippen LogP) is 0.483. The number of anilines is 1. The first-order chi connectivity index (χ1) is 8.70. The molecule has 0 saturated carbocycles. The molecule has 0 aliphatic carbocycles. The van der Waals surface area contributed by atoms with Gasteiger partial charge >= 0.3 is 0 Å². The van der Waals surface area contributed by atoms with Crippen molar-refractivity contribution in [2.24, 2.45) is 5.73 Å². The Morgan fingerprint density at radius 3 is 3.11 bits per heavy atom. The minimum Gasteiger partial charge on any atom is -0.327 e. The Labute approximate surface area is 107 Å². The van der Waals surface area contributed by atoms with Crippen LogP contribution < -0.4 is 16.4 Å². The lowest BCUT2D eigenvalue weighted by Crippen LogP contribution is -2.44. The van der Waals surface area contributed by atoms with E-state index in [1.807, 2.05) is 10.7 Å². The number of nitrogens with two attached hydrogens (primary N) is 1. The summed E-state index contributed by atoms with van der Waals surface area (Å²) in [5, 5.41) is 10.3. The summed E-state index contributed by atoms with van der Waals surface area (Å²) in [7, 11) is 0. The molecule has 1 aromatic rings. The van der Waals surface area contributed by atoms with Crippen LogP contribution in [-0.2, 0) is 4.79 Å². The van der Waals surface area contributed by atoms with E-state index in [1.165, 1.54) is 0 Å². The highest BCUT2D eigenvalue weighted by molar-refractivity contribution is 5.90. The van der Waals surface area contributed by atoms with E-state index < -0.39 is 0 Å². The molecule has 1 unspecified atom stereocenters. The van der Waals surface area contributed by atoms with Crippen LogP contribution in [0.1, 0.15) is 32.2 Å². The highest BCUT2D eigenvalue weighted by Crippen LogP contribution is 2.17. The molecule has 6 heteroatoms. The molecule has 6 nitrogen and oxygen atoms in total. The molecule has 18 heavy (non-hydrogen) atoms. The standard InChI is InChI=1S/C12H21N5O/c1-2-3-9(13)6-12(18)16-11-4-5-15-17(11)10-7-14-8-10/h4-5,9-10,14H,2-3,6-8,13H2,1H3,(H,16,18). The fraction of sp³-hybridized carbons (Fsp3) is 0.667. The maximum Gasteiger partial charge on any atom is 0.227 e. The van der Waals surface area contributed by atoms with Gasteiger partial charge in [-0.15, -0.1) is 0 Å². The van der Waals surface area contributed by atoms with Gasteiger partial charge in [0.25, 0.3) is 0 Å². The predicted molar refractivity (Wildman–Crippen MR) is 70.3 cm³/mol. The van der Waals surface area contributed by atoms with Gasteiger partial charge in [-0.2, -0.15) is 5.10 Å². The van der Waals surface area contributed by atoms with E-state index >= 15 is 0 Å². The van der Waals surface area contributed by atoms with E-state index in [0.29, 0.717) is 12.5 Å². The number of nitrogens with zero attached hydrogens (tertiary/aromatic N) is 2. The third-order valence-electron chi connectivity index (χ3n) is 3.15. The van der Waals surface area contributed by atoms with E-state index in [-0.39, 0.29) is 11.9 Å². The number of aromatic nitrogens is 2. The molecule has 1 aromatic heterocycles. The SMILES string of the molecule is CCCC(N)CC(=O)Nc1ccnn1C1CNC1. The Balaban J connectivity index is 1.88. The Morgan fingerprint density at radius 1 is 1.72 bits per heavy atom. The second-order valence-electron chi connectivity index (χ2n) is 4.77. The van der Waals surface area contributed by atoms with Gasteiger partial charge in [-0.1, -0.05) is 13.3 Å². The second-order valence-corrected chi connectivity index (χ2v) is 4.77. The van der Waals surface area contributed by atoms with E-state index in [0.717, 1.165) is 31.7 Å². The van der Waals surface area contributed by atoms with E-state index in [4.69, 9.17) is 5.73 Å². The summed E-state index contributed by atoms with van der Waals surface area (Å²) < 4.78 is 1.86. The van der Waals surface area contributed by atoms with Crippen molar-refractivity contribution in [3.05, 3.63) is 12.3 Å². The summed E-state index contributed by atoms with van der Waals surface area (Å²) in [6, 6.07) is 2.11. The van der Waals surface area contributed by atoms with Crippen molar-refractivity contribution >= 4 is 11.7 Å². The smallest absolute Gasteiger partial charge is 0.227 e. The minimum absolute atomic E-state index is 0.0371. The monoisotopic (exact) mass is 251 g/mol. The fourth-order valence-electron chi connectivity index (χ4n) is 2.06. The van der Waals surface area contributed by atoms with Gasteiger partial charge in [-0.05, 0) is 6.42 Å². The van der Waals surface area contributed by atoms with Crippen molar-refractivity contribution in [3.8, 4) is 0 Å². The topological polar surface area (TPSA) is 85.0 Å². The number of carbonyl (C=O) groups excluding carboxylic acids is 1. The first-order valence-corrected chi connectivity index (χ1v) is 6.50. The van der Waals surface area contributed by atoms with E-state index in [9.17, 15) is 4.79 Å². The van der Waals surface area contributed by atoms with Gasteiger partial charge in [0.05, 0.1) is 12.2 Å². The van der Waals surface area contributed by atoms with Crippen LogP contribution in [-0.4, -0.2) is 34.8 Å². The molecule has 1 amide bonds. The average molecular weight is 251 g/mol. The molecule has 1 aliphatic heterocycles. The highest BCUT2D eigenvalue weighted by atomic mass is 16.1. The summed E-state index contributed by atoms with van der Waals surface area (Å²) in [6.45, 7) is 3.87. The number of rotatable bonds is 6. The van der Waals surface area contributed by atoms with Gasteiger partial charge in [0, 0.05) is 31.6 Å². The number of carbonyl (C=O) groups is 1. The summed E-state index contributed by atoms with van der Waals surface area (Å²) in [5.41, 5.74) is 5.86. The third-order valence-corrected chi connectivity index (χ3v) is 3.15. The van der Waals surface area contributed by atoms with Crippen LogP contribution in [0.15, 0.2) is 12.3 Å². The Bertz CT molecular complexity index is 399. The Hall–Kier alpha value is -1.40. The second kappa shape index (κ2) is 5.97. The average Bonchev–Trinajstić information content (AvgIpc) is 2.63. The third kappa shape index (κ3) is 3.08. The van der Waals surface area contributed by atoms with Crippen LogP contribution in [0.4, 0.5) is 5.82 Å². The molecule has 4 N–H and O–H groups in total. The molecule has 0 bridgehead atoms. The maximum absolute atomic E-state index is 11.8. The van der Waals surface area contributed by atoms with Gasteiger partial charge < -0.3 is 16.4 Å².